The van der Waals surface area contributed by atoms with Crippen molar-refractivity contribution in [3.8, 4) is 0 Å². The van der Waals surface area contributed by atoms with Crippen molar-refractivity contribution < 1.29 is 0 Å². The van der Waals surface area contributed by atoms with Gasteiger partial charge in [-0.25, -0.2) is 0 Å². The minimum absolute atomic E-state index is 0.552. The number of rotatable bonds is 4. The summed E-state index contributed by atoms with van der Waals surface area (Å²) in [5.74, 6) is 1.31. The summed E-state index contributed by atoms with van der Waals surface area (Å²) in [6.45, 7) is 0.669. The van der Waals surface area contributed by atoms with E-state index in [4.69, 9.17) is 0 Å². The van der Waals surface area contributed by atoms with Gasteiger partial charge >= 0.3 is 0 Å². The van der Waals surface area contributed by atoms with Crippen molar-refractivity contribution in [2.45, 2.75) is 6.54 Å². The average molecular weight is 333 g/mol. The zero-order valence-electron chi connectivity index (χ0n) is 10.8. The highest BCUT2D eigenvalue weighted by molar-refractivity contribution is 9.10. The molecule has 6 nitrogen and oxygen atoms in total. The number of aromatic amines is 1. The summed E-state index contributed by atoms with van der Waals surface area (Å²) in [7, 11) is 1.79. The van der Waals surface area contributed by atoms with Crippen LogP contribution in [0, 0.1) is 0 Å². The van der Waals surface area contributed by atoms with E-state index in [1.54, 1.807) is 13.2 Å². The number of hydrogen-bond acceptors (Lipinski definition) is 5. The molecule has 0 saturated carbocycles. The Morgan fingerprint density at radius 3 is 2.90 bits per heavy atom. The quantitative estimate of drug-likeness (QED) is 0.684. The predicted octanol–water partition coefficient (Wildman–Crippen LogP) is 2.77. The Kier molecular flexibility index (Phi) is 3.51. The summed E-state index contributed by atoms with van der Waals surface area (Å²) in [4.78, 5) is 8.73. The average Bonchev–Trinajstić information content (AvgIpc) is 2.94. The lowest BCUT2D eigenvalue weighted by Crippen LogP contribution is -2.05. The summed E-state index contributed by atoms with van der Waals surface area (Å²) in [6.07, 6.45) is 1.72. The van der Waals surface area contributed by atoms with Gasteiger partial charge in [-0.1, -0.05) is 34.1 Å². The first-order valence-corrected chi connectivity index (χ1v) is 6.93. The topological polar surface area (TPSA) is 78.5 Å². The number of benzene rings is 1. The van der Waals surface area contributed by atoms with Crippen molar-refractivity contribution in [2.24, 2.45) is 0 Å². The number of nitrogens with zero attached hydrogens (tertiary/aromatic N) is 3. The SMILES string of the molecule is CNc1nc(NCc2ccccc2Br)c2cn[nH]c2n1. The summed E-state index contributed by atoms with van der Waals surface area (Å²) < 4.78 is 1.07. The lowest BCUT2D eigenvalue weighted by atomic mass is 10.2. The van der Waals surface area contributed by atoms with E-state index in [1.807, 2.05) is 18.2 Å². The largest absolute Gasteiger partial charge is 0.365 e. The molecule has 7 heteroatoms. The van der Waals surface area contributed by atoms with Gasteiger partial charge in [-0.2, -0.15) is 15.1 Å². The first kappa shape index (κ1) is 12.9. The second-order valence-corrected chi connectivity index (χ2v) is 5.08. The molecule has 0 spiro atoms. The van der Waals surface area contributed by atoms with Gasteiger partial charge in [0.25, 0.3) is 0 Å². The third-order valence-electron chi connectivity index (χ3n) is 2.94. The van der Waals surface area contributed by atoms with Crippen LogP contribution in [0.1, 0.15) is 5.56 Å². The van der Waals surface area contributed by atoms with Gasteiger partial charge in [0.1, 0.15) is 5.82 Å². The number of anilines is 2. The lowest BCUT2D eigenvalue weighted by Gasteiger charge is -2.09. The molecule has 0 fully saturated rings. The van der Waals surface area contributed by atoms with Gasteiger partial charge < -0.3 is 10.6 Å². The van der Waals surface area contributed by atoms with E-state index in [2.05, 4.69) is 52.8 Å². The van der Waals surface area contributed by atoms with Crippen LogP contribution < -0.4 is 10.6 Å². The van der Waals surface area contributed by atoms with Gasteiger partial charge in [0.05, 0.1) is 11.6 Å². The van der Waals surface area contributed by atoms with Crippen molar-refractivity contribution in [3.63, 3.8) is 0 Å². The highest BCUT2D eigenvalue weighted by Gasteiger charge is 2.09. The van der Waals surface area contributed by atoms with Gasteiger partial charge in [-0.05, 0) is 11.6 Å². The number of halogens is 1. The Labute approximate surface area is 124 Å². The smallest absolute Gasteiger partial charge is 0.226 e. The Balaban J connectivity index is 1.90. The molecule has 0 unspecified atom stereocenters. The molecule has 20 heavy (non-hydrogen) atoms. The second-order valence-electron chi connectivity index (χ2n) is 4.22. The van der Waals surface area contributed by atoms with E-state index in [0.717, 1.165) is 21.2 Å². The molecular weight excluding hydrogens is 320 g/mol. The summed E-state index contributed by atoms with van der Waals surface area (Å²) in [6, 6.07) is 8.08. The van der Waals surface area contributed by atoms with Crippen LogP contribution in [0.5, 0.6) is 0 Å². The maximum atomic E-state index is 4.43. The molecule has 3 rings (SSSR count). The molecule has 0 aliphatic heterocycles. The predicted molar refractivity (Wildman–Crippen MR) is 82.7 cm³/mol. The van der Waals surface area contributed by atoms with E-state index in [9.17, 15) is 0 Å². The van der Waals surface area contributed by atoms with E-state index < -0.39 is 0 Å². The van der Waals surface area contributed by atoms with Crippen molar-refractivity contribution in [3.05, 3.63) is 40.5 Å². The van der Waals surface area contributed by atoms with Crippen LogP contribution in [0.15, 0.2) is 34.9 Å². The molecule has 0 bridgehead atoms. The monoisotopic (exact) mass is 332 g/mol. The van der Waals surface area contributed by atoms with Gasteiger partial charge in [-0.15, -0.1) is 0 Å². The molecule has 0 saturated heterocycles. The number of nitrogens with one attached hydrogen (secondary N) is 3. The van der Waals surface area contributed by atoms with Gasteiger partial charge in [0, 0.05) is 18.1 Å². The zero-order chi connectivity index (χ0) is 13.9. The fourth-order valence-corrected chi connectivity index (χ4v) is 2.33. The Hall–Kier alpha value is -2.15. The van der Waals surface area contributed by atoms with Gasteiger partial charge in [0.15, 0.2) is 5.65 Å². The molecule has 0 radical (unpaired) electrons. The molecule has 2 heterocycles. The zero-order valence-corrected chi connectivity index (χ0v) is 12.4. The molecule has 0 amide bonds. The molecule has 2 aromatic heterocycles. The number of fused-ring (bicyclic) bond motifs is 1. The highest BCUT2D eigenvalue weighted by atomic mass is 79.9. The number of aromatic nitrogens is 4. The van der Waals surface area contributed by atoms with Crippen LogP contribution in [0.3, 0.4) is 0 Å². The van der Waals surface area contributed by atoms with E-state index in [1.165, 1.54) is 0 Å². The minimum atomic E-state index is 0.552. The van der Waals surface area contributed by atoms with E-state index in [0.29, 0.717) is 18.1 Å². The molecule has 0 aliphatic rings. The minimum Gasteiger partial charge on any atom is -0.365 e. The molecule has 1 aromatic carbocycles. The molecule has 3 N–H and O–H groups in total. The van der Waals surface area contributed by atoms with Crippen molar-refractivity contribution >= 4 is 38.7 Å². The Bertz CT molecular complexity index is 739. The maximum absolute atomic E-state index is 4.43. The Morgan fingerprint density at radius 2 is 2.10 bits per heavy atom. The van der Waals surface area contributed by atoms with Crippen LogP contribution in [-0.2, 0) is 6.54 Å². The van der Waals surface area contributed by atoms with E-state index in [-0.39, 0.29) is 0 Å². The fraction of sp³-hybridized carbons (Fsp3) is 0.154. The number of H-pyrrole nitrogens is 1. The van der Waals surface area contributed by atoms with Crippen LogP contribution in [0.4, 0.5) is 11.8 Å². The second kappa shape index (κ2) is 5.46. The third-order valence-corrected chi connectivity index (χ3v) is 3.71. The fourth-order valence-electron chi connectivity index (χ4n) is 1.90. The summed E-state index contributed by atoms with van der Waals surface area (Å²) in [5.41, 5.74) is 1.87. The van der Waals surface area contributed by atoms with Crippen LogP contribution in [0.25, 0.3) is 11.0 Å². The third kappa shape index (κ3) is 2.44. The summed E-state index contributed by atoms with van der Waals surface area (Å²) in [5, 5.41) is 14.0. The maximum Gasteiger partial charge on any atom is 0.226 e. The first-order valence-electron chi connectivity index (χ1n) is 6.14. The van der Waals surface area contributed by atoms with Gasteiger partial charge in [0.2, 0.25) is 5.95 Å². The normalized spacial score (nSPS) is 10.7. The van der Waals surface area contributed by atoms with Gasteiger partial charge in [-0.3, -0.25) is 5.10 Å². The van der Waals surface area contributed by atoms with Crippen LogP contribution in [-0.4, -0.2) is 27.2 Å². The lowest BCUT2D eigenvalue weighted by molar-refractivity contribution is 1.07. The summed E-state index contributed by atoms with van der Waals surface area (Å²) >= 11 is 3.54. The van der Waals surface area contributed by atoms with E-state index >= 15 is 0 Å². The molecule has 3 aromatic rings. The van der Waals surface area contributed by atoms with Crippen molar-refractivity contribution in [1.82, 2.24) is 20.2 Å². The van der Waals surface area contributed by atoms with Crippen molar-refractivity contribution in [2.75, 3.05) is 17.7 Å². The molecule has 102 valence electrons. The number of hydrogen-bond donors (Lipinski definition) is 3. The molecular formula is C13H13BrN6. The first-order chi connectivity index (χ1) is 9.78. The highest BCUT2D eigenvalue weighted by Crippen LogP contribution is 2.22. The van der Waals surface area contributed by atoms with Crippen LogP contribution in [0.2, 0.25) is 0 Å². The Morgan fingerprint density at radius 1 is 1.25 bits per heavy atom. The molecule has 0 aliphatic carbocycles. The van der Waals surface area contributed by atoms with Crippen molar-refractivity contribution in [1.29, 1.82) is 0 Å². The molecule has 0 atom stereocenters. The standard InChI is InChI=1S/C13H13BrN6/c1-15-13-18-11(9-7-17-20-12(9)19-13)16-6-8-4-2-3-5-10(8)14/h2-5,7H,6H2,1H3,(H3,15,16,17,18,19,20). The van der Waals surface area contributed by atoms with Crippen LogP contribution >= 0.6 is 15.9 Å².